The van der Waals surface area contributed by atoms with Crippen molar-refractivity contribution in [2.24, 2.45) is 5.92 Å². The molecule has 0 saturated carbocycles. The smallest absolute Gasteiger partial charge is 0.230 e. The molecule has 4 nitrogen and oxygen atoms in total. The predicted octanol–water partition coefficient (Wildman–Crippen LogP) is 3.08. The number of benzene rings is 1. The average molecular weight is 305 g/mol. The molecule has 1 amide bonds. The van der Waals surface area contributed by atoms with Crippen LogP contribution in [0.4, 0.5) is 10.8 Å². The molecule has 1 aliphatic rings. The second-order valence-electron chi connectivity index (χ2n) is 4.71. The molecule has 2 aromatic rings. The van der Waals surface area contributed by atoms with Crippen molar-refractivity contribution in [2.75, 3.05) is 22.6 Å². The van der Waals surface area contributed by atoms with Crippen LogP contribution in [-0.2, 0) is 4.79 Å². The number of hydrogen-bond acceptors (Lipinski definition) is 5. The highest BCUT2D eigenvalue weighted by molar-refractivity contribution is 7.99. The van der Waals surface area contributed by atoms with Crippen molar-refractivity contribution in [1.82, 2.24) is 4.98 Å². The molecule has 20 heavy (non-hydrogen) atoms. The molecule has 1 saturated heterocycles. The summed E-state index contributed by atoms with van der Waals surface area (Å²) in [4.78, 5) is 16.5. The van der Waals surface area contributed by atoms with Gasteiger partial charge in [-0.3, -0.25) is 4.79 Å². The van der Waals surface area contributed by atoms with Gasteiger partial charge < -0.3 is 11.1 Å². The lowest BCUT2D eigenvalue weighted by molar-refractivity contribution is -0.119. The molecule has 1 atom stereocenters. The van der Waals surface area contributed by atoms with E-state index in [0.717, 1.165) is 34.9 Å². The number of carbonyl (C=O) groups is 1. The van der Waals surface area contributed by atoms with Crippen molar-refractivity contribution in [2.45, 2.75) is 6.42 Å². The fourth-order valence-electron chi connectivity index (χ4n) is 2.07. The van der Waals surface area contributed by atoms with Gasteiger partial charge in [-0.15, -0.1) is 11.3 Å². The van der Waals surface area contributed by atoms with Crippen LogP contribution >= 0.6 is 23.1 Å². The average Bonchev–Trinajstić information content (AvgIpc) is 3.10. The second-order valence-corrected chi connectivity index (χ2v) is 6.72. The molecule has 0 aliphatic carbocycles. The maximum atomic E-state index is 12.0. The van der Waals surface area contributed by atoms with Gasteiger partial charge in [0.05, 0.1) is 5.69 Å². The van der Waals surface area contributed by atoms with Crippen LogP contribution in [0.1, 0.15) is 6.42 Å². The summed E-state index contributed by atoms with van der Waals surface area (Å²) in [5.41, 5.74) is 8.28. The van der Waals surface area contributed by atoms with Crippen LogP contribution in [0, 0.1) is 5.92 Å². The van der Waals surface area contributed by atoms with Crippen LogP contribution < -0.4 is 11.1 Å². The van der Waals surface area contributed by atoms with Crippen LogP contribution in [0.25, 0.3) is 11.3 Å². The number of aromatic nitrogens is 1. The Kier molecular flexibility index (Phi) is 3.93. The lowest BCUT2D eigenvalue weighted by atomic mass is 10.1. The van der Waals surface area contributed by atoms with E-state index in [-0.39, 0.29) is 11.8 Å². The monoisotopic (exact) mass is 305 g/mol. The number of rotatable bonds is 3. The van der Waals surface area contributed by atoms with Gasteiger partial charge in [-0.1, -0.05) is 12.1 Å². The predicted molar refractivity (Wildman–Crippen MR) is 86.0 cm³/mol. The van der Waals surface area contributed by atoms with Gasteiger partial charge in [0.25, 0.3) is 0 Å². The Balaban J connectivity index is 1.70. The first-order valence-electron chi connectivity index (χ1n) is 6.42. The molecule has 1 unspecified atom stereocenters. The first-order chi connectivity index (χ1) is 9.72. The van der Waals surface area contributed by atoms with E-state index < -0.39 is 0 Å². The Morgan fingerprint density at radius 2 is 2.15 bits per heavy atom. The minimum atomic E-state index is 0.0909. The summed E-state index contributed by atoms with van der Waals surface area (Å²) in [6.07, 6.45) is 0.965. The molecule has 1 aromatic carbocycles. The van der Waals surface area contributed by atoms with Crippen molar-refractivity contribution in [1.29, 1.82) is 0 Å². The number of nitrogens with two attached hydrogens (primary N) is 1. The highest BCUT2D eigenvalue weighted by Crippen LogP contribution is 2.28. The molecular weight excluding hydrogens is 290 g/mol. The first-order valence-corrected chi connectivity index (χ1v) is 8.46. The van der Waals surface area contributed by atoms with E-state index in [0.29, 0.717) is 5.13 Å². The summed E-state index contributed by atoms with van der Waals surface area (Å²) in [6, 6.07) is 7.57. The van der Waals surface area contributed by atoms with Crippen LogP contribution in [0.5, 0.6) is 0 Å². The fourth-order valence-corrected chi connectivity index (χ4v) is 4.01. The van der Waals surface area contributed by atoms with Gasteiger partial charge >= 0.3 is 0 Å². The van der Waals surface area contributed by atoms with Gasteiger partial charge in [0.15, 0.2) is 5.13 Å². The highest BCUT2D eigenvalue weighted by atomic mass is 32.2. The Morgan fingerprint density at radius 1 is 1.35 bits per heavy atom. The molecule has 0 bridgehead atoms. The number of nitrogens with one attached hydrogen (secondary N) is 1. The molecule has 2 heterocycles. The third kappa shape index (κ3) is 2.96. The number of hydrogen-bond donors (Lipinski definition) is 2. The lowest BCUT2D eigenvalue weighted by Gasteiger charge is -2.06. The molecule has 1 aromatic heterocycles. The highest BCUT2D eigenvalue weighted by Gasteiger charge is 2.23. The van der Waals surface area contributed by atoms with E-state index in [2.05, 4.69) is 10.3 Å². The minimum Gasteiger partial charge on any atom is -0.399 e. The summed E-state index contributed by atoms with van der Waals surface area (Å²) in [5, 5.41) is 5.53. The quantitative estimate of drug-likeness (QED) is 0.855. The van der Waals surface area contributed by atoms with Gasteiger partial charge in [-0.2, -0.15) is 11.8 Å². The summed E-state index contributed by atoms with van der Waals surface area (Å²) in [7, 11) is 0. The first kappa shape index (κ1) is 13.5. The van der Waals surface area contributed by atoms with E-state index in [1.807, 2.05) is 41.4 Å². The maximum Gasteiger partial charge on any atom is 0.230 e. The van der Waals surface area contributed by atoms with Gasteiger partial charge in [0, 0.05) is 28.3 Å². The number of nitrogen functional groups attached to an aromatic ring is 1. The van der Waals surface area contributed by atoms with Gasteiger partial charge in [0.1, 0.15) is 0 Å². The number of anilines is 2. The summed E-state index contributed by atoms with van der Waals surface area (Å²) >= 11 is 3.29. The van der Waals surface area contributed by atoms with Gasteiger partial charge in [0.2, 0.25) is 5.91 Å². The Hall–Kier alpha value is -1.53. The standard InChI is InChI=1S/C14H15N3OS2/c15-11-3-1-9(2-4-11)12-8-20-14(16-12)17-13(18)10-5-6-19-7-10/h1-4,8,10H,5-7,15H2,(H,16,17,18). The van der Waals surface area contributed by atoms with E-state index in [9.17, 15) is 4.79 Å². The largest absolute Gasteiger partial charge is 0.399 e. The molecule has 1 fully saturated rings. The lowest BCUT2D eigenvalue weighted by Crippen LogP contribution is -2.22. The van der Waals surface area contributed by atoms with E-state index in [4.69, 9.17) is 5.73 Å². The zero-order valence-corrected chi connectivity index (χ0v) is 12.5. The summed E-state index contributed by atoms with van der Waals surface area (Å²) in [6.45, 7) is 0. The molecule has 0 radical (unpaired) electrons. The van der Waals surface area contributed by atoms with Crippen LogP contribution in [-0.4, -0.2) is 22.4 Å². The molecule has 6 heteroatoms. The Labute approximate surface area is 125 Å². The number of carbonyl (C=O) groups excluding carboxylic acids is 1. The van der Waals surface area contributed by atoms with Crippen molar-refractivity contribution in [3.05, 3.63) is 29.6 Å². The summed E-state index contributed by atoms with van der Waals surface area (Å²) in [5.74, 6) is 2.21. The Morgan fingerprint density at radius 3 is 2.85 bits per heavy atom. The molecule has 0 spiro atoms. The third-order valence-corrected chi connectivity index (χ3v) is 5.16. The zero-order chi connectivity index (χ0) is 13.9. The van der Waals surface area contributed by atoms with Crippen LogP contribution in [0.2, 0.25) is 0 Å². The number of nitrogens with zero attached hydrogens (tertiary/aromatic N) is 1. The SMILES string of the molecule is Nc1ccc(-c2csc(NC(=O)C3CCSC3)n2)cc1. The maximum absolute atomic E-state index is 12.0. The van der Waals surface area contributed by atoms with Crippen LogP contribution in [0.15, 0.2) is 29.6 Å². The van der Waals surface area contributed by atoms with Gasteiger partial charge in [-0.05, 0) is 24.3 Å². The van der Waals surface area contributed by atoms with E-state index in [1.54, 1.807) is 0 Å². The molecule has 1 aliphatic heterocycles. The number of amides is 1. The molecular formula is C14H15N3OS2. The third-order valence-electron chi connectivity index (χ3n) is 3.24. The zero-order valence-electron chi connectivity index (χ0n) is 10.8. The molecule has 3 N–H and O–H groups in total. The van der Waals surface area contributed by atoms with Crippen molar-refractivity contribution < 1.29 is 4.79 Å². The molecule has 3 rings (SSSR count). The number of thiazole rings is 1. The van der Waals surface area contributed by atoms with E-state index >= 15 is 0 Å². The van der Waals surface area contributed by atoms with Gasteiger partial charge in [-0.25, -0.2) is 4.98 Å². The minimum absolute atomic E-state index is 0.0909. The fraction of sp³-hybridized carbons (Fsp3) is 0.286. The molecule has 104 valence electrons. The summed E-state index contributed by atoms with van der Waals surface area (Å²) < 4.78 is 0. The van der Waals surface area contributed by atoms with Crippen molar-refractivity contribution in [3.8, 4) is 11.3 Å². The topological polar surface area (TPSA) is 68.0 Å². The normalized spacial score (nSPS) is 18.1. The Bertz CT molecular complexity index is 603. The number of thioether (sulfide) groups is 1. The van der Waals surface area contributed by atoms with E-state index in [1.165, 1.54) is 11.3 Å². The van der Waals surface area contributed by atoms with Crippen molar-refractivity contribution >= 4 is 39.8 Å². The second kappa shape index (κ2) is 5.85. The van der Waals surface area contributed by atoms with Crippen LogP contribution in [0.3, 0.4) is 0 Å². The van der Waals surface area contributed by atoms with Crippen molar-refractivity contribution in [3.63, 3.8) is 0 Å².